The fraction of sp³-hybridized carbons (Fsp3) is 0.465. The van der Waals surface area contributed by atoms with Crippen molar-refractivity contribution in [3.05, 3.63) is 87.4 Å². The standard InChI is InChI=1S/C43H45ClN8O6/c1-45-33-11-9-29(23-32(33)44)58-28-7-5-27(6-8-28)51-25-34-30(41(51)55)10-13-37(46-34)50-17-15-26(16-18-50)24-48-19-21-49(22-20-48)35-4-2-3-31-39(35)43(57)52(42(31)56)36-12-14-38(53)47-40(36)54/h2-4,9-11,13,23,26-28,36H,5-8,12,14-22,24-25H2,(H,47,53,54). The molecule has 1 N–H and O–H groups in total. The number of pyridine rings is 1. The van der Waals surface area contributed by atoms with Gasteiger partial charge in [0.05, 0.1) is 52.3 Å². The molecule has 1 aromatic heterocycles. The van der Waals surface area contributed by atoms with Gasteiger partial charge in [-0.05, 0) is 87.3 Å². The number of ether oxygens (including phenoxy) is 1. The van der Waals surface area contributed by atoms with Gasteiger partial charge in [-0.25, -0.2) is 9.83 Å². The number of aromatic nitrogens is 1. The normalized spacial score (nSPS) is 24.2. The predicted octanol–water partition coefficient (Wildman–Crippen LogP) is 5.07. The molecule has 3 aromatic rings. The smallest absolute Gasteiger partial charge is 0.264 e. The minimum atomic E-state index is -0.984. The van der Waals surface area contributed by atoms with Gasteiger partial charge in [-0.3, -0.25) is 39.1 Å². The van der Waals surface area contributed by atoms with Crippen molar-refractivity contribution >= 4 is 58.3 Å². The lowest BCUT2D eigenvalue weighted by molar-refractivity contribution is -0.136. The van der Waals surface area contributed by atoms with Crippen molar-refractivity contribution in [3.8, 4) is 5.75 Å². The molecule has 14 nitrogen and oxygen atoms in total. The van der Waals surface area contributed by atoms with Crippen LogP contribution in [0.1, 0.15) is 88.1 Å². The van der Waals surface area contributed by atoms with Crippen molar-refractivity contribution in [2.45, 2.75) is 76.1 Å². The zero-order chi connectivity index (χ0) is 40.1. The van der Waals surface area contributed by atoms with E-state index >= 15 is 0 Å². The summed E-state index contributed by atoms with van der Waals surface area (Å²) in [5, 5.41) is 2.65. The van der Waals surface area contributed by atoms with Crippen molar-refractivity contribution in [1.82, 2.24) is 25.0 Å². The van der Waals surface area contributed by atoms with Gasteiger partial charge in [0, 0.05) is 58.3 Å². The fourth-order valence-electron chi connectivity index (χ4n) is 9.62. The van der Waals surface area contributed by atoms with E-state index in [1.807, 2.05) is 23.1 Å². The van der Waals surface area contributed by atoms with Gasteiger partial charge in [0.1, 0.15) is 17.6 Å². The van der Waals surface area contributed by atoms with Gasteiger partial charge in [-0.1, -0.05) is 23.7 Å². The molecule has 9 rings (SSSR count). The van der Waals surface area contributed by atoms with Gasteiger partial charge < -0.3 is 19.4 Å². The van der Waals surface area contributed by atoms with Crippen LogP contribution in [0.3, 0.4) is 0 Å². The van der Waals surface area contributed by atoms with Crippen LogP contribution in [0.2, 0.25) is 5.02 Å². The second-order valence-electron chi connectivity index (χ2n) is 16.2. The first-order chi connectivity index (χ1) is 28.1. The third kappa shape index (κ3) is 7.15. The Balaban J connectivity index is 0.743. The van der Waals surface area contributed by atoms with Crippen molar-refractivity contribution in [2.24, 2.45) is 5.92 Å². The molecule has 6 aliphatic rings. The Labute approximate surface area is 341 Å². The number of nitrogens with zero attached hydrogens (tertiary/aromatic N) is 7. The number of fused-ring (bicyclic) bond motifs is 2. The lowest BCUT2D eigenvalue weighted by Crippen LogP contribution is -2.54. The van der Waals surface area contributed by atoms with E-state index in [1.165, 1.54) is 0 Å². The molecule has 5 amide bonds. The number of carbonyl (C=O) groups is 5. The summed E-state index contributed by atoms with van der Waals surface area (Å²) in [6.07, 6.45) is 5.73. The van der Waals surface area contributed by atoms with E-state index in [0.717, 1.165) is 93.3 Å². The molecule has 300 valence electrons. The molecule has 1 saturated carbocycles. The summed E-state index contributed by atoms with van der Waals surface area (Å²) in [5.74, 6) is 0.248. The van der Waals surface area contributed by atoms with Crippen LogP contribution in [-0.4, -0.2) is 113 Å². The zero-order valence-electron chi connectivity index (χ0n) is 32.2. The molecule has 6 heterocycles. The maximum absolute atomic E-state index is 13.6. The lowest BCUT2D eigenvalue weighted by Gasteiger charge is -2.40. The Morgan fingerprint density at radius 1 is 0.810 bits per heavy atom. The number of nitrogens with one attached hydrogen (secondary N) is 1. The average Bonchev–Trinajstić information content (AvgIpc) is 3.70. The molecule has 0 spiro atoms. The number of hydrogen-bond donors (Lipinski definition) is 1. The average molecular weight is 805 g/mol. The molecule has 5 aliphatic heterocycles. The minimum absolute atomic E-state index is 0.0419. The SMILES string of the molecule is [C-]#[N+]c1ccc(OC2CCC(N3Cc4nc(N5CCC(CN6CCN(c7cccc8c7C(=O)N(C7CCC(=O)NC7=O)C8=O)CC6)CC5)ccc4C3=O)CC2)cc1Cl. The second kappa shape index (κ2) is 15.7. The van der Waals surface area contributed by atoms with E-state index in [9.17, 15) is 24.0 Å². The maximum atomic E-state index is 13.6. The molecule has 58 heavy (non-hydrogen) atoms. The highest BCUT2D eigenvalue weighted by molar-refractivity contribution is 6.33. The summed E-state index contributed by atoms with van der Waals surface area (Å²) in [6.45, 7) is 13.6. The highest BCUT2D eigenvalue weighted by atomic mass is 35.5. The van der Waals surface area contributed by atoms with Gasteiger partial charge in [0.2, 0.25) is 17.5 Å². The van der Waals surface area contributed by atoms with Crippen LogP contribution in [0.15, 0.2) is 48.5 Å². The first-order valence-electron chi connectivity index (χ1n) is 20.4. The summed E-state index contributed by atoms with van der Waals surface area (Å²) < 4.78 is 6.18. The second-order valence-corrected chi connectivity index (χ2v) is 16.6. The number of piperazine rings is 1. The van der Waals surface area contributed by atoms with E-state index in [1.54, 1.807) is 30.3 Å². The molecule has 0 radical (unpaired) electrons. The Kier molecular flexibility index (Phi) is 10.3. The van der Waals surface area contributed by atoms with Gasteiger partial charge in [0.25, 0.3) is 17.7 Å². The first-order valence-corrected chi connectivity index (χ1v) is 20.7. The Bertz CT molecular complexity index is 2220. The molecule has 15 heteroatoms. The number of hydrogen-bond acceptors (Lipinski definition) is 10. The van der Waals surface area contributed by atoms with Crippen LogP contribution in [0.25, 0.3) is 4.85 Å². The molecular weight excluding hydrogens is 760 g/mol. The predicted molar refractivity (Wildman–Crippen MR) is 215 cm³/mol. The van der Waals surface area contributed by atoms with Crippen molar-refractivity contribution < 1.29 is 28.7 Å². The molecule has 4 fully saturated rings. The van der Waals surface area contributed by atoms with E-state index in [-0.39, 0.29) is 30.9 Å². The number of benzene rings is 2. The summed E-state index contributed by atoms with van der Waals surface area (Å²) in [6, 6.07) is 13.6. The molecule has 2 aromatic carbocycles. The van der Waals surface area contributed by atoms with Crippen molar-refractivity contribution in [2.75, 3.05) is 55.6 Å². The third-order valence-corrected chi connectivity index (χ3v) is 13.1. The van der Waals surface area contributed by atoms with Crippen LogP contribution in [0, 0.1) is 12.5 Å². The van der Waals surface area contributed by atoms with E-state index in [4.69, 9.17) is 27.9 Å². The summed E-state index contributed by atoms with van der Waals surface area (Å²) in [7, 11) is 0. The lowest BCUT2D eigenvalue weighted by atomic mass is 9.92. The number of piperidine rings is 2. The molecule has 0 bridgehead atoms. The van der Waals surface area contributed by atoms with E-state index in [2.05, 4.69) is 24.9 Å². The van der Waals surface area contributed by atoms with Gasteiger partial charge in [0.15, 0.2) is 0 Å². The topological polar surface area (TPSA) is 140 Å². The monoisotopic (exact) mass is 804 g/mol. The number of amides is 5. The Hall–Kier alpha value is -5.52. The summed E-state index contributed by atoms with van der Waals surface area (Å²) >= 11 is 6.20. The highest BCUT2D eigenvalue weighted by Crippen LogP contribution is 2.37. The van der Waals surface area contributed by atoms with Crippen LogP contribution in [0.4, 0.5) is 17.2 Å². The number of carbonyl (C=O) groups excluding carboxylic acids is 5. The fourth-order valence-corrected chi connectivity index (χ4v) is 9.84. The first kappa shape index (κ1) is 38.0. The number of rotatable bonds is 8. The number of anilines is 2. The quantitative estimate of drug-likeness (QED) is 0.243. The maximum Gasteiger partial charge on any atom is 0.264 e. The number of halogens is 1. The van der Waals surface area contributed by atoms with E-state index < -0.39 is 29.7 Å². The van der Waals surface area contributed by atoms with Crippen LogP contribution < -0.4 is 19.9 Å². The molecule has 3 saturated heterocycles. The van der Waals surface area contributed by atoms with Crippen molar-refractivity contribution in [3.63, 3.8) is 0 Å². The van der Waals surface area contributed by atoms with Crippen molar-refractivity contribution in [1.29, 1.82) is 0 Å². The van der Waals surface area contributed by atoms with E-state index in [0.29, 0.717) is 58.7 Å². The zero-order valence-corrected chi connectivity index (χ0v) is 33.0. The Morgan fingerprint density at radius 3 is 2.31 bits per heavy atom. The largest absolute Gasteiger partial charge is 0.490 e. The van der Waals surface area contributed by atoms with Crippen LogP contribution in [-0.2, 0) is 16.1 Å². The molecule has 1 unspecified atom stereocenters. The third-order valence-electron chi connectivity index (χ3n) is 12.8. The van der Waals surface area contributed by atoms with Gasteiger partial charge >= 0.3 is 0 Å². The van der Waals surface area contributed by atoms with Gasteiger partial charge in [-0.15, -0.1) is 0 Å². The summed E-state index contributed by atoms with van der Waals surface area (Å²) in [4.78, 5) is 83.2. The molecule has 1 aliphatic carbocycles. The van der Waals surface area contributed by atoms with Gasteiger partial charge in [-0.2, -0.15) is 0 Å². The minimum Gasteiger partial charge on any atom is -0.490 e. The molecule has 1 atom stereocenters. The molecular formula is C43H45ClN8O6. The summed E-state index contributed by atoms with van der Waals surface area (Å²) in [5.41, 5.74) is 3.34. The van der Waals surface area contributed by atoms with Crippen LogP contribution >= 0.6 is 11.6 Å². The Morgan fingerprint density at radius 2 is 1.59 bits per heavy atom. The highest BCUT2D eigenvalue weighted by Gasteiger charge is 2.46. The number of imide groups is 2. The van der Waals surface area contributed by atoms with Crippen LogP contribution in [0.5, 0.6) is 5.75 Å².